The van der Waals surface area contributed by atoms with Gasteiger partial charge in [-0.15, -0.1) is 0 Å². The van der Waals surface area contributed by atoms with Crippen LogP contribution < -0.4 is 5.14 Å². The van der Waals surface area contributed by atoms with Gasteiger partial charge in [0, 0.05) is 11.1 Å². The Bertz CT molecular complexity index is 136. The molecule has 0 heterocycles. The molecule has 0 atom stereocenters. The van der Waals surface area contributed by atoms with Crippen LogP contribution in [0, 0.1) is 5.41 Å². The van der Waals surface area contributed by atoms with E-state index in [1.165, 1.54) is 5.71 Å². The number of nitrogens with zero attached hydrogens (tertiary/aromatic N) is 1. The topological polar surface area (TPSA) is 38.4 Å². The molecule has 0 saturated carbocycles. The first-order valence-electron chi connectivity index (χ1n) is 3.95. The molecular weight excluding hydrogens is 156 g/mol. The molecule has 0 aliphatic heterocycles. The van der Waals surface area contributed by atoms with Crippen LogP contribution in [-0.4, -0.2) is 5.71 Å². The zero-order valence-corrected chi connectivity index (χ0v) is 8.66. The Hall–Kier alpha value is -0.0200. The van der Waals surface area contributed by atoms with Crippen molar-refractivity contribution in [3.8, 4) is 0 Å². The van der Waals surface area contributed by atoms with Gasteiger partial charge in [-0.2, -0.15) is 0 Å². The van der Waals surface area contributed by atoms with Crippen molar-refractivity contribution >= 4 is 17.8 Å². The molecule has 11 heavy (non-hydrogen) atoms. The lowest BCUT2D eigenvalue weighted by atomic mass is 9.88. The number of hydrogen-bond donors (Lipinski definition) is 1. The second-order valence-electron chi connectivity index (χ2n) is 3.64. The molecule has 3 heteroatoms. The molecule has 2 N–H and O–H groups in total. The van der Waals surface area contributed by atoms with Gasteiger partial charge in [0.15, 0.2) is 0 Å². The summed E-state index contributed by atoms with van der Waals surface area (Å²) >= 11 is 1.06. The summed E-state index contributed by atoms with van der Waals surface area (Å²) in [4.78, 5) is 0. The Labute approximate surface area is 73.9 Å². The van der Waals surface area contributed by atoms with Gasteiger partial charge in [0.1, 0.15) is 0 Å². The van der Waals surface area contributed by atoms with Gasteiger partial charge in [-0.05, 0) is 6.42 Å². The van der Waals surface area contributed by atoms with Crippen molar-refractivity contribution in [1.29, 1.82) is 0 Å². The zero-order chi connectivity index (χ0) is 8.91. The molecule has 0 amide bonds. The largest absolute Gasteiger partial charge is 0.258 e. The van der Waals surface area contributed by atoms with E-state index in [-0.39, 0.29) is 5.41 Å². The lowest BCUT2D eigenvalue weighted by Gasteiger charge is -2.20. The van der Waals surface area contributed by atoms with E-state index in [1.807, 2.05) is 0 Å². The van der Waals surface area contributed by atoms with Gasteiger partial charge in [0.25, 0.3) is 0 Å². The van der Waals surface area contributed by atoms with Crippen LogP contribution in [0.4, 0.5) is 0 Å². The average Bonchev–Trinajstić information content (AvgIpc) is 1.85. The van der Waals surface area contributed by atoms with Crippen molar-refractivity contribution < 1.29 is 0 Å². The summed E-state index contributed by atoms with van der Waals surface area (Å²) in [5.41, 5.74) is 1.37. The highest BCUT2D eigenvalue weighted by atomic mass is 32.2. The summed E-state index contributed by atoms with van der Waals surface area (Å²) < 4.78 is 4.20. The quantitative estimate of drug-likeness (QED) is 0.528. The molecule has 0 fully saturated rings. The van der Waals surface area contributed by atoms with Crippen LogP contribution in [0.1, 0.15) is 40.5 Å². The van der Waals surface area contributed by atoms with E-state index in [1.54, 1.807) is 0 Å². The van der Waals surface area contributed by atoms with E-state index in [0.29, 0.717) is 0 Å². The van der Waals surface area contributed by atoms with Crippen molar-refractivity contribution in [2.45, 2.75) is 40.5 Å². The Balaban J connectivity index is 4.22. The van der Waals surface area contributed by atoms with Crippen LogP contribution in [-0.2, 0) is 0 Å². The second kappa shape index (κ2) is 4.78. The molecule has 66 valence electrons. The molecule has 0 aliphatic carbocycles. The van der Waals surface area contributed by atoms with Gasteiger partial charge < -0.3 is 0 Å². The molecular formula is C8H18N2S. The van der Waals surface area contributed by atoms with E-state index in [0.717, 1.165) is 25.0 Å². The summed E-state index contributed by atoms with van der Waals surface area (Å²) in [7, 11) is 0. The molecule has 0 radical (unpaired) electrons. The third-order valence-electron chi connectivity index (χ3n) is 1.52. The fourth-order valence-electron chi connectivity index (χ4n) is 0.858. The smallest absolute Gasteiger partial charge is 0.0555 e. The predicted octanol–water partition coefficient (Wildman–Crippen LogP) is 2.80. The lowest BCUT2D eigenvalue weighted by molar-refractivity contribution is 0.576. The Kier molecular flexibility index (Phi) is 4.77. The maximum atomic E-state index is 5.29. The number of nitrogens with two attached hydrogens (primary N) is 1. The van der Waals surface area contributed by atoms with Gasteiger partial charge in [-0.1, -0.05) is 34.1 Å². The highest BCUT2D eigenvalue weighted by Crippen LogP contribution is 2.20. The maximum Gasteiger partial charge on any atom is 0.0555 e. The van der Waals surface area contributed by atoms with Gasteiger partial charge >= 0.3 is 0 Å². The maximum absolute atomic E-state index is 5.29. The minimum absolute atomic E-state index is 0.169. The van der Waals surface area contributed by atoms with Gasteiger partial charge in [-0.25, -0.2) is 4.40 Å². The van der Waals surface area contributed by atoms with Crippen molar-refractivity contribution in [2.24, 2.45) is 15.0 Å². The lowest BCUT2D eigenvalue weighted by Crippen LogP contribution is -2.19. The summed E-state index contributed by atoms with van der Waals surface area (Å²) in [6, 6.07) is 0. The molecule has 2 nitrogen and oxygen atoms in total. The minimum atomic E-state index is 0.169. The second-order valence-corrected chi connectivity index (χ2v) is 4.04. The molecule has 0 aromatic heterocycles. The summed E-state index contributed by atoms with van der Waals surface area (Å²) in [6.07, 6.45) is 2.18. The number of rotatable bonds is 3. The highest BCUT2D eigenvalue weighted by Gasteiger charge is 2.17. The fourth-order valence-corrected chi connectivity index (χ4v) is 1.35. The van der Waals surface area contributed by atoms with Gasteiger partial charge in [0.2, 0.25) is 0 Å². The Morgan fingerprint density at radius 3 is 2.27 bits per heavy atom. The Morgan fingerprint density at radius 2 is 2.00 bits per heavy atom. The molecule has 0 rings (SSSR count). The fraction of sp³-hybridized carbons (Fsp3) is 0.875. The zero-order valence-electron chi connectivity index (χ0n) is 7.85. The molecule has 0 aromatic carbocycles. The summed E-state index contributed by atoms with van der Waals surface area (Å²) in [6.45, 7) is 8.65. The monoisotopic (exact) mass is 174 g/mol. The average molecular weight is 174 g/mol. The SMILES string of the molecule is CCC/C(=N\SN)C(C)(C)C. The normalized spacial score (nSPS) is 13.7. The van der Waals surface area contributed by atoms with Crippen LogP contribution in [0.25, 0.3) is 0 Å². The highest BCUT2D eigenvalue weighted by molar-refractivity contribution is 7.95. The summed E-state index contributed by atoms with van der Waals surface area (Å²) in [5, 5.41) is 5.29. The van der Waals surface area contributed by atoms with Crippen LogP contribution in [0.15, 0.2) is 4.40 Å². The van der Waals surface area contributed by atoms with E-state index in [4.69, 9.17) is 5.14 Å². The first kappa shape index (κ1) is 11.0. The molecule has 0 unspecified atom stereocenters. The minimum Gasteiger partial charge on any atom is -0.258 e. The van der Waals surface area contributed by atoms with E-state index >= 15 is 0 Å². The van der Waals surface area contributed by atoms with Crippen molar-refractivity contribution in [2.75, 3.05) is 0 Å². The third kappa shape index (κ3) is 4.43. The first-order valence-corrected chi connectivity index (χ1v) is 4.79. The van der Waals surface area contributed by atoms with Crippen molar-refractivity contribution in [3.05, 3.63) is 0 Å². The molecule has 0 spiro atoms. The predicted molar refractivity (Wildman–Crippen MR) is 53.6 cm³/mol. The van der Waals surface area contributed by atoms with Crippen LogP contribution in [0.5, 0.6) is 0 Å². The van der Waals surface area contributed by atoms with Crippen molar-refractivity contribution in [3.63, 3.8) is 0 Å². The van der Waals surface area contributed by atoms with Crippen LogP contribution >= 0.6 is 12.1 Å². The molecule has 0 bridgehead atoms. The standard InChI is InChI=1S/C8H18N2S/c1-5-6-7(10-11-9)8(2,3)4/h5-6,9H2,1-4H3/b10-7+. The van der Waals surface area contributed by atoms with Crippen LogP contribution in [0.2, 0.25) is 0 Å². The van der Waals surface area contributed by atoms with E-state index in [9.17, 15) is 0 Å². The van der Waals surface area contributed by atoms with E-state index in [2.05, 4.69) is 32.1 Å². The molecule has 0 saturated heterocycles. The van der Waals surface area contributed by atoms with Gasteiger partial charge in [0.05, 0.1) is 12.1 Å². The molecule has 0 aromatic rings. The third-order valence-corrected chi connectivity index (χ3v) is 1.84. The number of hydrogen-bond acceptors (Lipinski definition) is 3. The van der Waals surface area contributed by atoms with Crippen molar-refractivity contribution in [1.82, 2.24) is 0 Å². The Morgan fingerprint density at radius 1 is 1.45 bits per heavy atom. The van der Waals surface area contributed by atoms with Crippen LogP contribution in [0.3, 0.4) is 0 Å². The van der Waals surface area contributed by atoms with Gasteiger partial charge in [-0.3, -0.25) is 5.14 Å². The van der Waals surface area contributed by atoms with E-state index < -0.39 is 0 Å². The summed E-state index contributed by atoms with van der Waals surface area (Å²) in [5.74, 6) is 0. The first-order chi connectivity index (χ1) is 5.02. The molecule has 0 aliphatic rings.